The van der Waals surface area contributed by atoms with Gasteiger partial charge in [-0.05, 0) is 17.5 Å². The van der Waals surface area contributed by atoms with Crippen molar-refractivity contribution in [2.75, 3.05) is 18.5 Å². The number of hydrogen-bond donors (Lipinski definition) is 1. The average molecular weight is 222 g/mol. The molecule has 0 atom stereocenters. The molecular formula is C12H18N2O2. The summed E-state index contributed by atoms with van der Waals surface area (Å²) in [5.74, 6) is 0.0976. The Morgan fingerprint density at radius 2 is 2.19 bits per heavy atom. The highest BCUT2D eigenvalue weighted by Gasteiger charge is 2.23. The number of nitrogens with zero attached hydrogens (tertiary/aromatic N) is 2. The van der Waals surface area contributed by atoms with Gasteiger partial charge in [-0.2, -0.15) is 0 Å². The smallest absolute Gasteiger partial charge is 0.303 e. The van der Waals surface area contributed by atoms with E-state index in [1.807, 2.05) is 44.0 Å². The first-order valence-corrected chi connectivity index (χ1v) is 5.25. The minimum atomic E-state index is -0.764. The highest BCUT2D eigenvalue weighted by molar-refractivity contribution is 5.67. The molecule has 1 heterocycles. The Morgan fingerprint density at radius 1 is 1.50 bits per heavy atom. The number of pyridine rings is 1. The lowest BCUT2D eigenvalue weighted by molar-refractivity contribution is -0.139. The van der Waals surface area contributed by atoms with Crippen LogP contribution < -0.4 is 4.90 Å². The van der Waals surface area contributed by atoms with Gasteiger partial charge in [0.15, 0.2) is 0 Å². The summed E-state index contributed by atoms with van der Waals surface area (Å²) in [5, 5.41) is 8.80. The van der Waals surface area contributed by atoms with Crippen LogP contribution in [0.3, 0.4) is 0 Å². The van der Waals surface area contributed by atoms with Gasteiger partial charge in [0.1, 0.15) is 5.82 Å². The van der Waals surface area contributed by atoms with E-state index >= 15 is 0 Å². The van der Waals surface area contributed by atoms with Crippen LogP contribution >= 0.6 is 0 Å². The average Bonchev–Trinajstić information content (AvgIpc) is 2.16. The van der Waals surface area contributed by atoms with Crippen molar-refractivity contribution < 1.29 is 9.90 Å². The van der Waals surface area contributed by atoms with Crippen molar-refractivity contribution in [2.45, 2.75) is 20.3 Å². The zero-order valence-electron chi connectivity index (χ0n) is 9.97. The van der Waals surface area contributed by atoms with Crippen molar-refractivity contribution in [3.8, 4) is 0 Å². The second kappa shape index (κ2) is 4.96. The summed E-state index contributed by atoms with van der Waals surface area (Å²) < 4.78 is 0. The Morgan fingerprint density at radius 3 is 2.69 bits per heavy atom. The summed E-state index contributed by atoms with van der Waals surface area (Å²) in [4.78, 5) is 16.9. The third kappa shape index (κ3) is 3.88. The van der Waals surface area contributed by atoms with Gasteiger partial charge in [-0.15, -0.1) is 0 Å². The number of rotatable bonds is 5. The first-order valence-electron chi connectivity index (χ1n) is 5.25. The minimum absolute atomic E-state index is 0.157. The van der Waals surface area contributed by atoms with Crippen LogP contribution in [0, 0.1) is 5.41 Å². The van der Waals surface area contributed by atoms with Crippen LogP contribution in [0.4, 0.5) is 5.82 Å². The third-order valence-corrected chi connectivity index (χ3v) is 2.34. The van der Waals surface area contributed by atoms with E-state index in [2.05, 4.69) is 4.98 Å². The van der Waals surface area contributed by atoms with Crippen molar-refractivity contribution in [3.63, 3.8) is 0 Å². The summed E-state index contributed by atoms with van der Waals surface area (Å²) in [5.41, 5.74) is -0.266. The first kappa shape index (κ1) is 12.5. The molecule has 1 rings (SSSR count). The van der Waals surface area contributed by atoms with Crippen molar-refractivity contribution in [1.82, 2.24) is 4.98 Å². The maximum absolute atomic E-state index is 10.7. The predicted molar refractivity (Wildman–Crippen MR) is 63.5 cm³/mol. The van der Waals surface area contributed by atoms with Gasteiger partial charge in [0.05, 0.1) is 6.42 Å². The van der Waals surface area contributed by atoms with Crippen molar-refractivity contribution in [3.05, 3.63) is 24.4 Å². The monoisotopic (exact) mass is 222 g/mol. The first-order chi connectivity index (χ1) is 7.41. The Hall–Kier alpha value is -1.58. The molecule has 88 valence electrons. The van der Waals surface area contributed by atoms with E-state index in [0.717, 1.165) is 5.82 Å². The van der Waals surface area contributed by atoms with Crippen LogP contribution in [0.2, 0.25) is 0 Å². The number of carboxylic acids is 1. The Kier molecular flexibility index (Phi) is 3.88. The van der Waals surface area contributed by atoms with Crippen molar-refractivity contribution in [2.24, 2.45) is 5.41 Å². The molecule has 0 aliphatic carbocycles. The number of hydrogen-bond acceptors (Lipinski definition) is 3. The van der Waals surface area contributed by atoms with Gasteiger partial charge in [-0.1, -0.05) is 19.9 Å². The predicted octanol–water partition coefficient (Wildman–Crippen LogP) is 2.02. The molecule has 1 aromatic rings. The molecule has 0 saturated heterocycles. The van der Waals surface area contributed by atoms with E-state index in [-0.39, 0.29) is 11.8 Å². The molecule has 0 aliphatic heterocycles. The number of carbonyl (C=O) groups is 1. The summed E-state index contributed by atoms with van der Waals surface area (Å²) in [7, 11) is 1.92. The highest BCUT2D eigenvalue weighted by Crippen LogP contribution is 2.23. The van der Waals surface area contributed by atoms with Gasteiger partial charge < -0.3 is 10.0 Å². The summed E-state index contributed by atoms with van der Waals surface area (Å²) >= 11 is 0. The van der Waals surface area contributed by atoms with Gasteiger partial charge in [0, 0.05) is 19.8 Å². The third-order valence-electron chi connectivity index (χ3n) is 2.34. The van der Waals surface area contributed by atoms with Gasteiger partial charge in [0.25, 0.3) is 0 Å². The largest absolute Gasteiger partial charge is 0.481 e. The Labute approximate surface area is 95.9 Å². The van der Waals surface area contributed by atoms with Crippen LogP contribution in [0.25, 0.3) is 0 Å². The van der Waals surface area contributed by atoms with Gasteiger partial charge in [0.2, 0.25) is 0 Å². The lowest BCUT2D eigenvalue weighted by atomic mass is 9.89. The van der Waals surface area contributed by atoms with Crippen LogP contribution in [0.1, 0.15) is 20.3 Å². The minimum Gasteiger partial charge on any atom is -0.481 e. The molecule has 0 aromatic carbocycles. The van der Waals surface area contributed by atoms with E-state index in [9.17, 15) is 4.79 Å². The maximum Gasteiger partial charge on any atom is 0.303 e. The lowest BCUT2D eigenvalue weighted by Gasteiger charge is -2.29. The number of anilines is 1. The summed E-state index contributed by atoms with van der Waals surface area (Å²) in [6.45, 7) is 4.55. The molecule has 0 bridgehead atoms. The lowest BCUT2D eigenvalue weighted by Crippen LogP contribution is -2.33. The van der Waals surface area contributed by atoms with Gasteiger partial charge in [-0.25, -0.2) is 4.98 Å². The van der Waals surface area contributed by atoms with E-state index < -0.39 is 5.97 Å². The standard InChI is InChI=1S/C12H18N2O2/c1-12(2,8-11(15)16)9-14(3)10-6-4-5-7-13-10/h4-7H,8-9H2,1-3H3,(H,15,16). The fraction of sp³-hybridized carbons (Fsp3) is 0.500. The second-order valence-electron chi connectivity index (χ2n) is 4.78. The van der Waals surface area contributed by atoms with E-state index in [1.54, 1.807) is 6.20 Å². The van der Waals surface area contributed by atoms with Gasteiger partial charge >= 0.3 is 5.97 Å². The van der Waals surface area contributed by atoms with E-state index in [1.165, 1.54) is 0 Å². The van der Waals surface area contributed by atoms with Gasteiger partial charge in [-0.3, -0.25) is 4.79 Å². The fourth-order valence-electron chi connectivity index (χ4n) is 1.77. The second-order valence-corrected chi connectivity index (χ2v) is 4.78. The quantitative estimate of drug-likeness (QED) is 0.828. The molecular weight excluding hydrogens is 204 g/mol. The van der Waals surface area contributed by atoms with Crippen LogP contribution in [0.5, 0.6) is 0 Å². The molecule has 1 N–H and O–H groups in total. The summed E-state index contributed by atoms with van der Waals surface area (Å²) in [6.07, 6.45) is 1.89. The van der Waals surface area contributed by atoms with E-state index in [4.69, 9.17) is 5.11 Å². The van der Waals surface area contributed by atoms with E-state index in [0.29, 0.717) is 6.54 Å². The molecule has 0 radical (unpaired) electrons. The zero-order chi connectivity index (χ0) is 12.2. The fourth-order valence-corrected chi connectivity index (χ4v) is 1.77. The zero-order valence-corrected chi connectivity index (χ0v) is 9.97. The van der Waals surface area contributed by atoms with Crippen LogP contribution in [0.15, 0.2) is 24.4 Å². The molecule has 0 fully saturated rings. The number of aliphatic carboxylic acids is 1. The van der Waals surface area contributed by atoms with Crippen LogP contribution in [-0.2, 0) is 4.79 Å². The molecule has 0 amide bonds. The SMILES string of the molecule is CN(CC(C)(C)CC(=O)O)c1ccccn1. The molecule has 0 saturated carbocycles. The highest BCUT2D eigenvalue weighted by atomic mass is 16.4. The molecule has 16 heavy (non-hydrogen) atoms. The molecule has 0 spiro atoms. The maximum atomic E-state index is 10.7. The molecule has 1 aromatic heterocycles. The Bertz CT molecular complexity index is 349. The topological polar surface area (TPSA) is 53.4 Å². The Balaban J connectivity index is 2.64. The number of aromatic nitrogens is 1. The molecule has 0 unspecified atom stereocenters. The van der Waals surface area contributed by atoms with Crippen molar-refractivity contribution in [1.29, 1.82) is 0 Å². The number of carboxylic acid groups (broad SMARTS) is 1. The van der Waals surface area contributed by atoms with Crippen LogP contribution in [-0.4, -0.2) is 29.7 Å². The van der Waals surface area contributed by atoms with Crippen molar-refractivity contribution >= 4 is 11.8 Å². The molecule has 4 nitrogen and oxygen atoms in total. The summed E-state index contributed by atoms with van der Waals surface area (Å²) in [6, 6.07) is 5.69. The molecule has 0 aliphatic rings. The molecule has 4 heteroatoms. The normalized spacial score (nSPS) is 11.2.